The summed E-state index contributed by atoms with van der Waals surface area (Å²) in [4.78, 5) is 13.1. The van der Waals surface area contributed by atoms with Crippen molar-refractivity contribution in [3.63, 3.8) is 0 Å². The molecule has 0 spiro atoms. The van der Waals surface area contributed by atoms with E-state index in [1.54, 1.807) is 6.08 Å². The lowest BCUT2D eigenvalue weighted by Crippen LogP contribution is -2.65. The number of aliphatic hydroxyl groups excluding tert-OH is 8. The first-order valence-corrected chi connectivity index (χ1v) is 31.9. The predicted molar refractivity (Wildman–Crippen MR) is 305 cm³/mol. The molecule has 0 bridgehead atoms. The molecule has 12 atom stereocenters. The van der Waals surface area contributed by atoms with Crippen molar-refractivity contribution in [3.05, 3.63) is 12.2 Å². The molecule has 0 aromatic heterocycles. The highest BCUT2D eigenvalue weighted by molar-refractivity contribution is 5.76. The lowest BCUT2D eigenvalue weighted by atomic mass is 9.97. The Bertz CT molecular complexity index is 1330. The molecule has 2 aliphatic heterocycles. The van der Waals surface area contributed by atoms with Crippen LogP contribution in [0, 0.1) is 0 Å². The maximum Gasteiger partial charge on any atom is 0.220 e. The maximum atomic E-state index is 13.1. The van der Waals surface area contributed by atoms with Gasteiger partial charge in [-0.1, -0.05) is 276 Å². The van der Waals surface area contributed by atoms with Crippen molar-refractivity contribution in [2.45, 2.75) is 357 Å². The molecule has 9 N–H and O–H groups in total. The fraction of sp³-hybridized carbons (Fsp3) is 0.952. The summed E-state index contributed by atoms with van der Waals surface area (Å²) in [6, 6.07) is -0.906. The molecule has 0 saturated carbocycles. The van der Waals surface area contributed by atoms with E-state index in [0.717, 1.165) is 38.5 Å². The van der Waals surface area contributed by atoms with Gasteiger partial charge < -0.3 is 65.1 Å². The van der Waals surface area contributed by atoms with Gasteiger partial charge in [-0.15, -0.1) is 0 Å². The number of aliphatic hydroxyl groups is 8. The standard InChI is InChI=1S/C62H119NO13/c1-3-5-7-9-10-11-12-13-14-15-16-17-18-19-20-21-22-23-24-25-26-27-28-29-30-31-32-33-34-35-36-37-38-39-40-41-42-44-46-54(67)63-50(51(66)45-43-8-6-4-2)49-73-61-59(72)57(70)60(53(48-65)75-61)76-62-58(71)56(69)55(68)52(47-64)74-62/h43,45,50-53,55-62,64-66,68-72H,3-42,44,46-49H2,1-2H3,(H,63,67)/b45-43+. The van der Waals surface area contributed by atoms with Crippen LogP contribution >= 0.6 is 0 Å². The van der Waals surface area contributed by atoms with Crippen molar-refractivity contribution in [2.75, 3.05) is 19.8 Å². The third-order valence-corrected chi connectivity index (χ3v) is 16.0. The average Bonchev–Trinajstić information content (AvgIpc) is 3.42. The Kier molecular flexibility index (Phi) is 45.1. The highest BCUT2D eigenvalue weighted by Crippen LogP contribution is 2.30. The molecule has 2 saturated heterocycles. The van der Waals surface area contributed by atoms with Crippen LogP contribution in [0.25, 0.3) is 0 Å². The first-order chi connectivity index (χ1) is 37.1. The van der Waals surface area contributed by atoms with Crippen molar-refractivity contribution in [1.82, 2.24) is 5.32 Å². The van der Waals surface area contributed by atoms with Crippen LogP contribution in [0.5, 0.6) is 0 Å². The normalized spacial score (nSPS) is 24.9. The third kappa shape index (κ3) is 33.5. The summed E-state index contributed by atoms with van der Waals surface area (Å²) < 4.78 is 22.6. The first kappa shape index (κ1) is 70.8. The largest absolute Gasteiger partial charge is 0.394 e. The van der Waals surface area contributed by atoms with Crippen LogP contribution in [-0.2, 0) is 23.7 Å². The van der Waals surface area contributed by atoms with Crippen molar-refractivity contribution >= 4 is 5.91 Å². The minimum atomic E-state index is -1.78. The molecular formula is C62H119NO13. The van der Waals surface area contributed by atoms with Gasteiger partial charge in [-0.05, 0) is 12.8 Å². The van der Waals surface area contributed by atoms with Crippen molar-refractivity contribution in [3.8, 4) is 0 Å². The number of ether oxygens (including phenoxy) is 4. The summed E-state index contributed by atoms with van der Waals surface area (Å²) >= 11 is 0. The topological polar surface area (TPSA) is 228 Å². The van der Waals surface area contributed by atoms with E-state index in [2.05, 4.69) is 19.2 Å². The summed E-state index contributed by atoms with van der Waals surface area (Å²) in [5.41, 5.74) is 0. The number of hydrogen-bond acceptors (Lipinski definition) is 13. The van der Waals surface area contributed by atoms with Crippen LogP contribution in [0.1, 0.15) is 284 Å². The number of rotatable bonds is 52. The molecule has 14 nitrogen and oxygen atoms in total. The lowest BCUT2D eigenvalue weighted by Gasteiger charge is -2.46. The Morgan fingerprint density at radius 2 is 0.816 bits per heavy atom. The van der Waals surface area contributed by atoms with Gasteiger partial charge in [-0.2, -0.15) is 0 Å². The van der Waals surface area contributed by atoms with Crippen molar-refractivity contribution in [1.29, 1.82) is 0 Å². The molecule has 450 valence electrons. The molecule has 0 aromatic carbocycles. The molecular weight excluding hydrogens is 967 g/mol. The van der Waals surface area contributed by atoms with Gasteiger partial charge >= 0.3 is 0 Å². The zero-order chi connectivity index (χ0) is 55.3. The van der Waals surface area contributed by atoms with Crippen LogP contribution in [0.3, 0.4) is 0 Å². The Morgan fingerprint density at radius 3 is 1.20 bits per heavy atom. The van der Waals surface area contributed by atoms with Gasteiger partial charge in [-0.3, -0.25) is 4.79 Å². The average molecular weight is 1090 g/mol. The van der Waals surface area contributed by atoms with Crippen LogP contribution in [0.15, 0.2) is 12.2 Å². The molecule has 0 aliphatic carbocycles. The van der Waals surface area contributed by atoms with Gasteiger partial charge in [0.2, 0.25) is 5.91 Å². The van der Waals surface area contributed by atoms with E-state index >= 15 is 0 Å². The maximum absolute atomic E-state index is 13.1. The fourth-order valence-corrected chi connectivity index (χ4v) is 10.8. The van der Waals surface area contributed by atoms with Gasteiger partial charge in [0.1, 0.15) is 48.8 Å². The number of hydrogen-bond donors (Lipinski definition) is 9. The zero-order valence-electron chi connectivity index (χ0n) is 48.5. The van der Waals surface area contributed by atoms with Gasteiger partial charge in [0.25, 0.3) is 0 Å². The minimum absolute atomic E-state index is 0.243. The summed E-state index contributed by atoms with van der Waals surface area (Å²) in [5, 5.41) is 86.2. The number of amides is 1. The van der Waals surface area contributed by atoms with E-state index in [9.17, 15) is 45.6 Å². The van der Waals surface area contributed by atoms with E-state index < -0.39 is 86.8 Å². The monoisotopic (exact) mass is 1090 g/mol. The SMILES string of the molecule is CCCC/C=C/C(O)C(COC1OC(CO)C(OC2OC(CO)C(O)C(O)C2O)C(O)C1O)NC(=O)CCCCCCCCCCCCCCCCCCCCCCCCCCCCCCCCCCCCCCCC. The number of allylic oxidation sites excluding steroid dienone is 1. The number of carbonyl (C=O) groups excluding carboxylic acids is 1. The molecule has 2 fully saturated rings. The van der Waals surface area contributed by atoms with E-state index in [-0.39, 0.29) is 18.9 Å². The summed E-state index contributed by atoms with van der Waals surface area (Å²) in [6.45, 7) is 2.65. The lowest BCUT2D eigenvalue weighted by molar-refractivity contribution is -0.359. The number of unbranched alkanes of at least 4 members (excludes halogenated alkanes) is 39. The van der Waals surface area contributed by atoms with Crippen molar-refractivity contribution in [2.24, 2.45) is 0 Å². The van der Waals surface area contributed by atoms with Crippen LogP contribution in [0.4, 0.5) is 0 Å². The highest BCUT2D eigenvalue weighted by atomic mass is 16.7. The predicted octanol–water partition coefficient (Wildman–Crippen LogP) is 11.5. The third-order valence-electron chi connectivity index (χ3n) is 16.0. The fourth-order valence-electron chi connectivity index (χ4n) is 10.8. The summed E-state index contributed by atoms with van der Waals surface area (Å²) in [5.74, 6) is -0.243. The molecule has 14 heteroatoms. The number of nitrogens with one attached hydrogen (secondary N) is 1. The van der Waals surface area contributed by atoms with E-state index in [1.165, 1.54) is 218 Å². The molecule has 0 radical (unpaired) electrons. The highest BCUT2D eigenvalue weighted by Gasteiger charge is 2.51. The zero-order valence-corrected chi connectivity index (χ0v) is 48.5. The van der Waals surface area contributed by atoms with Crippen LogP contribution in [0.2, 0.25) is 0 Å². The second kappa shape index (κ2) is 48.4. The Hall–Kier alpha value is -1.27. The Morgan fingerprint density at radius 1 is 0.461 bits per heavy atom. The number of carbonyl (C=O) groups is 1. The summed E-state index contributed by atoms with van der Waals surface area (Å²) in [7, 11) is 0. The van der Waals surface area contributed by atoms with Gasteiger partial charge in [0.15, 0.2) is 12.6 Å². The second-order valence-corrected chi connectivity index (χ2v) is 22.9. The molecule has 76 heavy (non-hydrogen) atoms. The Labute approximate surface area is 463 Å². The first-order valence-electron chi connectivity index (χ1n) is 31.9. The van der Waals surface area contributed by atoms with E-state index in [1.807, 2.05) is 6.08 Å². The molecule has 12 unspecified atom stereocenters. The van der Waals surface area contributed by atoms with Crippen molar-refractivity contribution < 1.29 is 64.6 Å². The minimum Gasteiger partial charge on any atom is -0.394 e. The summed E-state index contributed by atoms with van der Waals surface area (Å²) in [6.07, 6.45) is 41.3. The molecule has 0 aromatic rings. The van der Waals surface area contributed by atoms with Crippen LogP contribution in [-0.4, -0.2) is 140 Å². The molecule has 1 amide bonds. The molecule has 2 aliphatic rings. The van der Waals surface area contributed by atoms with Gasteiger partial charge in [0.05, 0.1) is 32.0 Å². The van der Waals surface area contributed by atoms with Crippen LogP contribution < -0.4 is 5.32 Å². The van der Waals surface area contributed by atoms with Gasteiger partial charge in [0, 0.05) is 6.42 Å². The quantitative estimate of drug-likeness (QED) is 0.0204. The van der Waals surface area contributed by atoms with E-state index in [4.69, 9.17) is 18.9 Å². The van der Waals surface area contributed by atoms with E-state index in [0.29, 0.717) is 6.42 Å². The molecule has 2 heterocycles. The molecule has 2 rings (SSSR count). The smallest absolute Gasteiger partial charge is 0.220 e. The Balaban J connectivity index is 1.44. The second-order valence-electron chi connectivity index (χ2n) is 22.9. The van der Waals surface area contributed by atoms with Gasteiger partial charge in [-0.25, -0.2) is 0 Å².